The second-order valence-corrected chi connectivity index (χ2v) is 4.24. The smallest absolute Gasteiger partial charge is 0.272 e. The van der Waals surface area contributed by atoms with Gasteiger partial charge in [0.2, 0.25) is 0 Å². The van der Waals surface area contributed by atoms with Crippen molar-refractivity contribution in [3.05, 3.63) is 45.3 Å². The van der Waals surface area contributed by atoms with Crippen LogP contribution in [0.2, 0.25) is 0 Å². The second-order valence-electron chi connectivity index (χ2n) is 3.38. The van der Waals surface area contributed by atoms with Crippen molar-refractivity contribution >= 4 is 37.7 Å². The summed E-state index contributed by atoms with van der Waals surface area (Å²) < 4.78 is 0.997. The van der Waals surface area contributed by atoms with E-state index in [9.17, 15) is 4.79 Å². The number of H-pyrrole nitrogens is 2. The third-order valence-corrected chi connectivity index (χ3v) is 3.16. The molecule has 0 bridgehead atoms. The molecule has 0 unspecified atom stereocenters. The first kappa shape index (κ1) is 8.73. The molecule has 3 aromatic rings. The maximum Gasteiger partial charge on any atom is 0.272 e. The molecule has 15 heavy (non-hydrogen) atoms. The van der Waals surface area contributed by atoms with Gasteiger partial charge in [0.05, 0.1) is 0 Å². The Balaban J connectivity index is 2.71. The van der Waals surface area contributed by atoms with Crippen molar-refractivity contribution in [2.75, 3.05) is 0 Å². The molecule has 0 fully saturated rings. The zero-order valence-electron chi connectivity index (χ0n) is 7.67. The predicted octanol–water partition coefficient (Wildman–Crippen LogP) is 2.77. The highest BCUT2D eigenvalue weighted by atomic mass is 79.9. The largest absolute Gasteiger partial charge is 0.350 e. The molecule has 0 aliphatic heterocycles. The quantitative estimate of drug-likeness (QED) is 0.643. The molecule has 0 amide bonds. The Hall–Kier alpha value is -1.55. The van der Waals surface area contributed by atoms with Gasteiger partial charge in [-0.15, -0.1) is 0 Å². The molecule has 3 rings (SSSR count). The number of aromatic nitrogens is 2. The fourth-order valence-electron chi connectivity index (χ4n) is 1.85. The molecule has 0 aliphatic rings. The molecule has 4 heteroatoms. The molecule has 1 aromatic carbocycles. The van der Waals surface area contributed by atoms with E-state index < -0.39 is 0 Å². The van der Waals surface area contributed by atoms with E-state index in [1.54, 1.807) is 6.20 Å². The number of hydrogen-bond donors (Lipinski definition) is 2. The Labute approximate surface area is 93.3 Å². The van der Waals surface area contributed by atoms with E-state index >= 15 is 0 Å². The van der Waals surface area contributed by atoms with Crippen LogP contribution in [-0.4, -0.2) is 9.97 Å². The summed E-state index contributed by atoms with van der Waals surface area (Å²) in [5.41, 5.74) is 1.51. The molecule has 0 saturated carbocycles. The summed E-state index contributed by atoms with van der Waals surface area (Å²) in [6, 6.07) is 7.77. The number of nitrogens with one attached hydrogen (secondary N) is 2. The standard InChI is InChI=1S/C11H7BrN2O/c12-7-2-1-3-8-9(7)6-4-5-13-11(15)10(6)14-8/h1-5,14H,(H,13,15). The van der Waals surface area contributed by atoms with E-state index in [1.165, 1.54) is 0 Å². The van der Waals surface area contributed by atoms with Crippen molar-refractivity contribution in [2.45, 2.75) is 0 Å². The predicted molar refractivity (Wildman–Crippen MR) is 64.1 cm³/mol. The molecule has 0 radical (unpaired) electrons. The Morgan fingerprint density at radius 1 is 1.20 bits per heavy atom. The van der Waals surface area contributed by atoms with Crippen LogP contribution < -0.4 is 5.56 Å². The van der Waals surface area contributed by atoms with Crippen molar-refractivity contribution < 1.29 is 0 Å². The van der Waals surface area contributed by atoms with Crippen LogP contribution in [-0.2, 0) is 0 Å². The van der Waals surface area contributed by atoms with Gasteiger partial charge in [-0.25, -0.2) is 0 Å². The van der Waals surface area contributed by atoms with Crippen molar-refractivity contribution in [3.63, 3.8) is 0 Å². The number of fused-ring (bicyclic) bond motifs is 3. The van der Waals surface area contributed by atoms with Crippen molar-refractivity contribution in [3.8, 4) is 0 Å². The first-order chi connectivity index (χ1) is 7.27. The third-order valence-electron chi connectivity index (χ3n) is 2.50. The van der Waals surface area contributed by atoms with E-state index in [1.807, 2.05) is 24.3 Å². The van der Waals surface area contributed by atoms with E-state index in [0.29, 0.717) is 5.52 Å². The lowest BCUT2D eigenvalue weighted by Gasteiger charge is -1.93. The second kappa shape index (κ2) is 2.97. The zero-order chi connectivity index (χ0) is 10.4. The van der Waals surface area contributed by atoms with Crippen LogP contribution in [0.15, 0.2) is 39.7 Å². The van der Waals surface area contributed by atoms with E-state index in [4.69, 9.17) is 0 Å². The summed E-state index contributed by atoms with van der Waals surface area (Å²) in [6.45, 7) is 0. The van der Waals surface area contributed by atoms with Gasteiger partial charge in [0.15, 0.2) is 0 Å². The monoisotopic (exact) mass is 262 g/mol. The summed E-state index contributed by atoms with van der Waals surface area (Å²) in [6.07, 6.45) is 1.66. The van der Waals surface area contributed by atoms with Crippen molar-refractivity contribution in [1.82, 2.24) is 9.97 Å². The molecule has 3 nitrogen and oxygen atoms in total. The highest BCUT2D eigenvalue weighted by Crippen LogP contribution is 2.29. The number of hydrogen-bond acceptors (Lipinski definition) is 1. The topological polar surface area (TPSA) is 48.6 Å². The van der Waals surface area contributed by atoms with Gasteiger partial charge in [0, 0.05) is 27.0 Å². The van der Waals surface area contributed by atoms with Gasteiger partial charge in [-0.05, 0) is 18.2 Å². The molecule has 0 saturated heterocycles. The highest BCUT2D eigenvalue weighted by Gasteiger charge is 2.08. The fraction of sp³-hybridized carbons (Fsp3) is 0. The van der Waals surface area contributed by atoms with Gasteiger partial charge in [0.25, 0.3) is 5.56 Å². The molecule has 2 aromatic heterocycles. The van der Waals surface area contributed by atoms with Gasteiger partial charge in [0.1, 0.15) is 5.52 Å². The Bertz CT molecular complexity index is 711. The number of rotatable bonds is 0. The lowest BCUT2D eigenvalue weighted by Crippen LogP contribution is -2.03. The minimum Gasteiger partial charge on any atom is -0.350 e. The summed E-state index contributed by atoms with van der Waals surface area (Å²) in [5, 5.41) is 2.00. The SMILES string of the molecule is O=c1[nH]ccc2c1[nH]c1cccc(Br)c12. The average Bonchev–Trinajstić information content (AvgIpc) is 2.59. The minimum atomic E-state index is -0.0874. The van der Waals surface area contributed by atoms with E-state index in [-0.39, 0.29) is 5.56 Å². The van der Waals surface area contributed by atoms with Crippen LogP contribution in [0.25, 0.3) is 21.8 Å². The molecule has 2 heterocycles. The molecular weight excluding hydrogens is 256 g/mol. The molecule has 0 spiro atoms. The lowest BCUT2D eigenvalue weighted by molar-refractivity contribution is 1.26. The van der Waals surface area contributed by atoms with Gasteiger partial charge in [-0.3, -0.25) is 4.79 Å². The Morgan fingerprint density at radius 3 is 2.93 bits per heavy atom. The lowest BCUT2D eigenvalue weighted by atomic mass is 10.2. The molecule has 2 N–H and O–H groups in total. The Kier molecular flexibility index (Phi) is 1.73. The summed E-state index contributed by atoms with van der Waals surface area (Å²) in [7, 11) is 0. The van der Waals surface area contributed by atoms with Gasteiger partial charge in [-0.1, -0.05) is 22.0 Å². The van der Waals surface area contributed by atoms with Crippen LogP contribution >= 0.6 is 15.9 Å². The van der Waals surface area contributed by atoms with Crippen LogP contribution in [0.1, 0.15) is 0 Å². The molecule has 0 aliphatic carbocycles. The average molecular weight is 263 g/mol. The summed E-state index contributed by atoms with van der Waals surface area (Å²) in [5.74, 6) is 0. The third kappa shape index (κ3) is 1.15. The first-order valence-corrected chi connectivity index (χ1v) is 5.34. The summed E-state index contributed by atoms with van der Waals surface area (Å²) >= 11 is 3.49. The maximum atomic E-state index is 11.6. The van der Waals surface area contributed by atoms with E-state index in [0.717, 1.165) is 20.8 Å². The van der Waals surface area contributed by atoms with Gasteiger partial charge >= 0.3 is 0 Å². The fourth-order valence-corrected chi connectivity index (χ4v) is 2.43. The Morgan fingerprint density at radius 2 is 2.07 bits per heavy atom. The van der Waals surface area contributed by atoms with Crippen molar-refractivity contribution in [2.24, 2.45) is 0 Å². The number of aromatic amines is 2. The first-order valence-electron chi connectivity index (χ1n) is 4.55. The highest BCUT2D eigenvalue weighted by molar-refractivity contribution is 9.10. The molecular formula is C11H7BrN2O. The molecule has 0 atom stereocenters. The number of pyridine rings is 1. The zero-order valence-corrected chi connectivity index (χ0v) is 9.26. The normalized spacial score (nSPS) is 11.3. The van der Waals surface area contributed by atoms with Crippen LogP contribution in [0.5, 0.6) is 0 Å². The maximum absolute atomic E-state index is 11.6. The molecule has 74 valence electrons. The van der Waals surface area contributed by atoms with Gasteiger partial charge in [-0.2, -0.15) is 0 Å². The van der Waals surface area contributed by atoms with Gasteiger partial charge < -0.3 is 9.97 Å². The number of benzene rings is 1. The van der Waals surface area contributed by atoms with Crippen LogP contribution in [0.4, 0.5) is 0 Å². The minimum absolute atomic E-state index is 0.0874. The number of halogens is 1. The summed E-state index contributed by atoms with van der Waals surface area (Å²) in [4.78, 5) is 17.3. The van der Waals surface area contributed by atoms with E-state index in [2.05, 4.69) is 25.9 Å². The van der Waals surface area contributed by atoms with Crippen LogP contribution in [0, 0.1) is 0 Å². The van der Waals surface area contributed by atoms with Crippen LogP contribution in [0.3, 0.4) is 0 Å². The van der Waals surface area contributed by atoms with Crippen molar-refractivity contribution in [1.29, 1.82) is 0 Å².